The molecule has 0 spiro atoms. The van der Waals surface area contributed by atoms with Crippen molar-refractivity contribution in [1.82, 2.24) is 14.9 Å². The molecule has 1 N–H and O–H groups in total. The summed E-state index contributed by atoms with van der Waals surface area (Å²) in [7, 11) is 0. The van der Waals surface area contributed by atoms with E-state index in [1.807, 2.05) is 28.8 Å². The van der Waals surface area contributed by atoms with E-state index in [4.69, 9.17) is 4.98 Å². The maximum atomic E-state index is 13.4. The van der Waals surface area contributed by atoms with Gasteiger partial charge in [-0.15, -0.1) is 0 Å². The van der Waals surface area contributed by atoms with E-state index >= 15 is 0 Å². The molecule has 3 atom stereocenters. The number of unbranched alkanes of at least 4 members (excludes halogenated alkanes) is 1. The van der Waals surface area contributed by atoms with Crippen molar-refractivity contribution in [3.05, 3.63) is 34.6 Å². The molecule has 28 heavy (non-hydrogen) atoms. The van der Waals surface area contributed by atoms with Crippen LogP contribution in [0.3, 0.4) is 0 Å². The van der Waals surface area contributed by atoms with Crippen molar-refractivity contribution in [2.24, 2.45) is 11.8 Å². The molecule has 2 aromatic rings. The minimum absolute atomic E-state index is 0.00234. The smallest absolute Gasteiger partial charge is 0.262 e. The zero-order valence-corrected chi connectivity index (χ0v) is 17.9. The number of nitrogens with zero attached hydrogens (tertiary/aromatic N) is 2. The van der Waals surface area contributed by atoms with E-state index < -0.39 is 0 Å². The zero-order valence-electron chi connectivity index (χ0n) is 17.1. The van der Waals surface area contributed by atoms with Crippen molar-refractivity contribution >= 4 is 28.6 Å². The van der Waals surface area contributed by atoms with Crippen LogP contribution in [-0.2, 0) is 4.79 Å². The van der Waals surface area contributed by atoms with Crippen molar-refractivity contribution in [3.63, 3.8) is 0 Å². The molecule has 0 saturated heterocycles. The van der Waals surface area contributed by atoms with Crippen LogP contribution in [0.1, 0.15) is 58.9 Å². The Hall–Kier alpha value is -1.82. The number of aromatic nitrogens is 2. The van der Waals surface area contributed by atoms with Crippen LogP contribution in [0.4, 0.5) is 0 Å². The Morgan fingerprint density at radius 1 is 1.29 bits per heavy atom. The number of amides is 1. The van der Waals surface area contributed by atoms with Crippen molar-refractivity contribution in [1.29, 1.82) is 0 Å². The molecule has 0 aliphatic heterocycles. The normalized spacial score (nSPS) is 22.3. The molecule has 1 saturated carbocycles. The largest absolute Gasteiger partial charge is 0.355 e. The Morgan fingerprint density at radius 3 is 2.86 bits per heavy atom. The Balaban J connectivity index is 1.93. The molecular formula is C22H31N3O2S. The van der Waals surface area contributed by atoms with Gasteiger partial charge in [-0.25, -0.2) is 4.98 Å². The lowest BCUT2D eigenvalue weighted by atomic mass is 9.78. The van der Waals surface area contributed by atoms with Gasteiger partial charge < -0.3 is 5.32 Å². The van der Waals surface area contributed by atoms with Gasteiger partial charge in [-0.2, -0.15) is 0 Å². The highest BCUT2D eigenvalue weighted by Gasteiger charge is 2.31. The molecule has 1 aliphatic rings. The fourth-order valence-electron chi connectivity index (χ4n) is 4.02. The van der Waals surface area contributed by atoms with E-state index in [2.05, 4.69) is 26.1 Å². The number of thioether (sulfide) groups is 1. The second-order valence-corrected chi connectivity index (χ2v) is 8.86. The quantitative estimate of drug-likeness (QED) is 0.424. The molecule has 6 heteroatoms. The summed E-state index contributed by atoms with van der Waals surface area (Å²) in [6, 6.07) is 7.65. The summed E-state index contributed by atoms with van der Waals surface area (Å²) < 4.78 is 1.88. The van der Waals surface area contributed by atoms with Crippen LogP contribution >= 0.6 is 11.8 Å². The van der Waals surface area contributed by atoms with Crippen LogP contribution in [0.15, 0.2) is 34.2 Å². The molecule has 1 aromatic heterocycles. The highest BCUT2D eigenvalue weighted by Crippen LogP contribution is 2.38. The van der Waals surface area contributed by atoms with E-state index in [-0.39, 0.29) is 23.3 Å². The number of nitrogens with one attached hydrogen (secondary N) is 1. The predicted octanol–water partition coefficient (Wildman–Crippen LogP) is 4.40. The van der Waals surface area contributed by atoms with Gasteiger partial charge >= 0.3 is 0 Å². The Labute approximate surface area is 171 Å². The first kappa shape index (κ1) is 20.9. The fourth-order valence-corrected chi connectivity index (χ4v) is 4.91. The lowest BCUT2D eigenvalue weighted by Crippen LogP contribution is -2.35. The second kappa shape index (κ2) is 9.59. The SMILES string of the molecule is CCCCNC(=O)CSc1nc2ccccc2c(=O)n1[C@H]1CCC[C@@H](C)[C@@H]1C. The average molecular weight is 402 g/mol. The van der Waals surface area contributed by atoms with Gasteiger partial charge in [-0.1, -0.05) is 63.9 Å². The summed E-state index contributed by atoms with van der Waals surface area (Å²) in [5, 5.41) is 4.27. The summed E-state index contributed by atoms with van der Waals surface area (Å²) in [6.07, 6.45) is 5.35. The molecule has 1 heterocycles. The topological polar surface area (TPSA) is 64.0 Å². The first-order valence-corrected chi connectivity index (χ1v) is 11.4. The molecule has 0 bridgehead atoms. The number of benzene rings is 1. The molecule has 3 rings (SSSR count). The van der Waals surface area contributed by atoms with Gasteiger partial charge in [0.15, 0.2) is 5.16 Å². The Morgan fingerprint density at radius 2 is 2.07 bits per heavy atom. The molecule has 5 nitrogen and oxygen atoms in total. The lowest BCUT2D eigenvalue weighted by molar-refractivity contribution is -0.118. The number of hydrogen-bond acceptors (Lipinski definition) is 4. The third kappa shape index (κ3) is 4.59. The number of fused-ring (bicyclic) bond motifs is 1. The van der Waals surface area contributed by atoms with Gasteiger partial charge in [0.1, 0.15) is 0 Å². The minimum Gasteiger partial charge on any atom is -0.355 e. The van der Waals surface area contributed by atoms with Crippen LogP contribution in [-0.4, -0.2) is 27.8 Å². The maximum absolute atomic E-state index is 13.4. The molecule has 152 valence electrons. The summed E-state index contributed by atoms with van der Waals surface area (Å²) in [5.41, 5.74) is 0.722. The van der Waals surface area contributed by atoms with E-state index in [0.717, 1.165) is 25.7 Å². The summed E-state index contributed by atoms with van der Waals surface area (Å²) in [5.74, 6) is 1.27. The number of rotatable bonds is 7. The van der Waals surface area contributed by atoms with Crippen molar-refractivity contribution in [2.45, 2.75) is 64.1 Å². The monoisotopic (exact) mass is 401 g/mol. The van der Waals surface area contributed by atoms with Crippen molar-refractivity contribution in [2.75, 3.05) is 12.3 Å². The molecular weight excluding hydrogens is 370 g/mol. The molecule has 1 fully saturated rings. The van der Waals surface area contributed by atoms with Crippen LogP contribution in [0, 0.1) is 11.8 Å². The molecule has 1 amide bonds. The number of carbonyl (C=O) groups excluding carboxylic acids is 1. The highest BCUT2D eigenvalue weighted by atomic mass is 32.2. The molecule has 0 unspecified atom stereocenters. The number of carbonyl (C=O) groups is 1. The minimum atomic E-state index is -0.00234. The van der Waals surface area contributed by atoms with Gasteiger partial charge in [-0.05, 0) is 36.8 Å². The molecule has 0 radical (unpaired) electrons. The summed E-state index contributed by atoms with van der Waals surface area (Å²) in [4.78, 5) is 30.3. The van der Waals surface area contributed by atoms with E-state index in [0.29, 0.717) is 34.4 Å². The van der Waals surface area contributed by atoms with E-state index in [9.17, 15) is 9.59 Å². The zero-order chi connectivity index (χ0) is 20.1. The van der Waals surface area contributed by atoms with Gasteiger partial charge in [0, 0.05) is 12.6 Å². The third-order valence-electron chi connectivity index (χ3n) is 5.96. The molecule has 1 aliphatic carbocycles. The Bertz CT molecular complexity index is 880. The number of hydrogen-bond donors (Lipinski definition) is 1. The standard InChI is InChI=1S/C22H31N3O2S/c1-4-5-13-23-20(26)14-28-22-24-18-11-7-6-10-17(18)21(27)25(22)19-12-8-9-15(2)16(19)3/h6-7,10-11,15-16,19H,4-5,8-9,12-14H2,1-3H3,(H,23,26)/t15-,16+,19+/m1/s1. The summed E-state index contributed by atoms with van der Waals surface area (Å²) in [6.45, 7) is 7.31. The van der Waals surface area contributed by atoms with Gasteiger partial charge in [0.25, 0.3) is 5.56 Å². The van der Waals surface area contributed by atoms with Crippen LogP contribution in [0.25, 0.3) is 10.9 Å². The fraction of sp³-hybridized carbons (Fsp3) is 0.591. The van der Waals surface area contributed by atoms with Crippen molar-refractivity contribution in [3.8, 4) is 0 Å². The van der Waals surface area contributed by atoms with E-state index in [1.54, 1.807) is 0 Å². The first-order valence-electron chi connectivity index (χ1n) is 10.4. The van der Waals surface area contributed by atoms with Crippen LogP contribution < -0.4 is 10.9 Å². The van der Waals surface area contributed by atoms with E-state index in [1.165, 1.54) is 18.2 Å². The lowest BCUT2D eigenvalue weighted by Gasteiger charge is -2.36. The van der Waals surface area contributed by atoms with Crippen LogP contribution in [0.5, 0.6) is 0 Å². The highest BCUT2D eigenvalue weighted by molar-refractivity contribution is 7.99. The van der Waals surface area contributed by atoms with Crippen LogP contribution in [0.2, 0.25) is 0 Å². The van der Waals surface area contributed by atoms with Gasteiger partial charge in [0.2, 0.25) is 5.91 Å². The first-order chi connectivity index (χ1) is 13.5. The Kier molecular flexibility index (Phi) is 7.16. The number of para-hydroxylation sites is 1. The van der Waals surface area contributed by atoms with Crippen molar-refractivity contribution < 1.29 is 4.79 Å². The predicted molar refractivity (Wildman–Crippen MR) is 116 cm³/mol. The van der Waals surface area contributed by atoms with Gasteiger partial charge in [-0.3, -0.25) is 14.2 Å². The molecule has 1 aromatic carbocycles. The maximum Gasteiger partial charge on any atom is 0.262 e. The summed E-state index contributed by atoms with van der Waals surface area (Å²) >= 11 is 1.38. The second-order valence-electron chi connectivity index (χ2n) is 7.91. The average Bonchev–Trinajstić information content (AvgIpc) is 2.69. The third-order valence-corrected chi connectivity index (χ3v) is 6.91. The van der Waals surface area contributed by atoms with Gasteiger partial charge in [0.05, 0.1) is 16.7 Å².